The first-order chi connectivity index (χ1) is 12.4. The Morgan fingerprint density at radius 3 is 2.62 bits per heavy atom. The lowest BCUT2D eigenvalue weighted by molar-refractivity contribution is -0.120. The molecule has 1 aromatic heterocycles. The van der Waals surface area contributed by atoms with Crippen molar-refractivity contribution < 1.29 is 13.2 Å². The van der Waals surface area contributed by atoms with Gasteiger partial charge in [0.15, 0.2) is 0 Å². The van der Waals surface area contributed by atoms with E-state index in [4.69, 9.17) is 11.6 Å². The Balaban J connectivity index is 1.71. The molecule has 1 aromatic carbocycles. The van der Waals surface area contributed by atoms with Crippen LogP contribution in [0.2, 0.25) is 5.02 Å². The van der Waals surface area contributed by atoms with Crippen molar-refractivity contribution in [1.82, 2.24) is 9.29 Å². The molecule has 0 saturated carbocycles. The van der Waals surface area contributed by atoms with Gasteiger partial charge in [-0.3, -0.25) is 4.79 Å². The van der Waals surface area contributed by atoms with Crippen LogP contribution in [0.1, 0.15) is 12.8 Å². The number of amides is 1. The summed E-state index contributed by atoms with van der Waals surface area (Å²) in [6, 6.07) is 9.73. The number of halogens is 2. The van der Waals surface area contributed by atoms with Crippen molar-refractivity contribution in [3.05, 3.63) is 52.1 Å². The van der Waals surface area contributed by atoms with Crippen molar-refractivity contribution >= 4 is 49.3 Å². The van der Waals surface area contributed by atoms with Gasteiger partial charge in [0, 0.05) is 23.8 Å². The molecule has 3 rings (SSSR count). The number of rotatable bonds is 4. The van der Waals surface area contributed by atoms with E-state index in [1.54, 1.807) is 36.4 Å². The Bertz CT molecular complexity index is 888. The van der Waals surface area contributed by atoms with Crippen LogP contribution in [-0.4, -0.2) is 36.7 Å². The number of carbonyl (C=O) groups is 1. The largest absolute Gasteiger partial charge is 0.310 e. The molecule has 0 spiro atoms. The third kappa shape index (κ3) is 4.43. The van der Waals surface area contributed by atoms with Gasteiger partial charge in [-0.25, -0.2) is 13.4 Å². The number of carbonyl (C=O) groups excluding carboxylic acids is 1. The van der Waals surface area contributed by atoms with Crippen LogP contribution in [-0.2, 0) is 14.8 Å². The second-order valence-corrected chi connectivity index (χ2v) is 9.30. The van der Waals surface area contributed by atoms with Crippen LogP contribution >= 0.6 is 27.5 Å². The van der Waals surface area contributed by atoms with Gasteiger partial charge >= 0.3 is 0 Å². The summed E-state index contributed by atoms with van der Waals surface area (Å²) in [5.74, 6) is -0.269. The second kappa shape index (κ2) is 8.04. The average Bonchev–Trinajstić information content (AvgIpc) is 2.64. The molecule has 9 heteroatoms. The van der Waals surface area contributed by atoms with Crippen LogP contribution in [0.5, 0.6) is 0 Å². The third-order valence-corrected chi connectivity index (χ3v) is 6.82. The summed E-state index contributed by atoms with van der Waals surface area (Å²) in [7, 11) is -3.62. The number of hydrogen-bond acceptors (Lipinski definition) is 4. The van der Waals surface area contributed by atoms with E-state index in [1.807, 2.05) is 0 Å². The highest BCUT2D eigenvalue weighted by Crippen LogP contribution is 2.25. The molecule has 0 radical (unpaired) electrons. The zero-order valence-electron chi connectivity index (χ0n) is 13.7. The van der Waals surface area contributed by atoms with Crippen molar-refractivity contribution in [3.63, 3.8) is 0 Å². The molecule has 1 N–H and O–H groups in total. The molecule has 26 heavy (non-hydrogen) atoms. The smallest absolute Gasteiger partial charge is 0.243 e. The molecule has 1 atom stereocenters. The molecule has 1 aliphatic rings. The summed E-state index contributed by atoms with van der Waals surface area (Å²) in [5, 5.41) is 3.20. The first-order valence-corrected chi connectivity index (χ1v) is 10.7. The predicted molar refractivity (Wildman–Crippen MR) is 104 cm³/mol. The number of anilines is 1. The fourth-order valence-corrected chi connectivity index (χ4v) is 4.71. The van der Waals surface area contributed by atoms with E-state index in [-0.39, 0.29) is 17.3 Å². The summed E-state index contributed by atoms with van der Waals surface area (Å²) in [5.41, 5.74) is 0. The zero-order chi connectivity index (χ0) is 18.7. The van der Waals surface area contributed by atoms with Gasteiger partial charge in [-0.05, 0) is 49.2 Å². The van der Waals surface area contributed by atoms with Crippen molar-refractivity contribution in [2.45, 2.75) is 17.7 Å². The number of nitrogens with one attached hydrogen (secondary N) is 1. The maximum absolute atomic E-state index is 12.8. The number of piperidine rings is 1. The average molecular weight is 459 g/mol. The Hall–Kier alpha value is -1.48. The highest BCUT2D eigenvalue weighted by Gasteiger charge is 2.33. The molecule has 1 amide bonds. The van der Waals surface area contributed by atoms with Crippen LogP contribution in [0.3, 0.4) is 0 Å². The molecule has 0 bridgehead atoms. The van der Waals surface area contributed by atoms with Gasteiger partial charge in [-0.15, -0.1) is 0 Å². The first kappa shape index (κ1) is 19.3. The maximum Gasteiger partial charge on any atom is 0.243 e. The molecule has 1 unspecified atom stereocenters. The lowest BCUT2D eigenvalue weighted by Crippen LogP contribution is -2.43. The van der Waals surface area contributed by atoms with Crippen LogP contribution in [0.25, 0.3) is 0 Å². The van der Waals surface area contributed by atoms with Crippen LogP contribution in [0, 0.1) is 5.92 Å². The summed E-state index contributed by atoms with van der Waals surface area (Å²) in [4.78, 5) is 16.8. The molecule has 1 fully saturated rings. The highest BCUT2D eigenvalue weighted by molar-refractivity contribution is 9.10. The third-order valence-electron chi connectivity index (χ3n) is 4.18. The van der Waals surface area contributed by atoms with Gasteiger partial charge < -0.3 is 5.32 Å². The lowest BCUT2D eigenvalue weighted by atomic mass is 9.99. The number of nitrogens with zero attached hydrogens (tertiary/aromatic N) is 2. The van der Waals surface area contributed by atoms with Crippen LogP contribution in [0.4, 0.5) is 5.82 Å². The molecule has 2 heterocycles. The summed E-state index contributed by atoms with van der Waals surface area (Å²) >= 11 is 9.08. The van der Waals surface area contributed by atoms with Gasteiger partial charge in [0.2, 0.25) is 15.9 Å². The monoisotopic (exact) mass is 457 g/mol. The van der Waals surface area contributed by atoms with E-state index in [9.17, 15) is 13.2 Å². The lowest BCUT2D eigenvalue weighted by Gasteiger charge is -2.31. The molecular formula is C17H17BrClN3O3S. The minimum atomic E-state index is -3.62. The number of benzene rings is 1. The van der Waals surface area contributed by atoms with Crippen molar-refractivity contribution in [3.8, 4) is 0 Å². The van der Waals surface area contributed by atoms with E-state index in [1.165, 1.54) is 10.5 Å². The molecule has 0 aliphatic carbocycles. The quantitative estimate of drug-likeness (QED) is 0.760. The molecule has 1 saturated heterocycles. The summed E-state index contributed by atoms with van der Waals surface area (Å²) < 4.78 is 27.8. The number of sulfonamides is 1. The van der Waals surface area contributed by atoms with E-state index >= 15 is 0 Å². The first-order valence-electron chi connectivity index (χ1n) is 8.04. The van der Waals surface area contributed by atoms with Crippen molar-refractivity contribution in [2.24, 2.45) is 5.92 Å². The molecule has 138 valence electrons. The highest BCUT2D eigenvalue weighted by atomic mass is 79.9. The molecular weight excluding hydrogens is 442 g/mol. The Kier molecular flexibility index (Phi) is 5.96. The number of aromatic nitrogens is 1. The van der Waals surface area contributed by atoms with Gasteiger partial charge in [-0.2, -0.15) is 4.31 Å². The van der Waals surface area contributed by atoms with Gasteiger partial charge in [0.05, 0.1) is 15.8 Å². The number of hydrogen-bond donors (Lipinski definition) is 1. The minimum absolute atomic E-state index is 0.151. The van der Waals surface area contributed by atoms with Crippen LogP contribution < -0.4 is 5.32 Å². The van der Waals surface area contributed by atoms with E-state index < -0.39 is 15.9 Å². The fourth-order valence-electron chi connectivity index (χ4n) is 2.81. The molecule has 2 aromatic rings. The van der Waals surface area contributed by atoms with Crippen LogP contribution in [0.15, 0.2) is 52.0 Å². The van der Waals surface area contributed by atoms with E-state index in [0.29, 0.717) is 30.2 Å². The van der Waals surface area contributed by atoms with E-state index in [2.05, 4.69) is 26.2 Å². The molecule has 1 aliphatic heterocycles. The minimum Gasteiger partial charge on any atom is -0.310 e. The Morgan fingerprint density at radius 2 is 1.96 bits per heavy atom. The Labute approximate surface area is 165 Å². The van der Waals surface area contributed by atoms with Gasteiger partial charge in [0.1, 0.15) is 5.82 Å². The topological polar surface area (TPSA) is 79.4 Å². The SMILES string of the molecule is O=C(Nc1ccc(Cl)cn1)C1CCCN(S(=O)(=O)c2ccc(Br)cc2)C1. The Morgan fingerprint density at radius 1 is 1.23 bits per heavy atom. The fraction of sp³-hybridized carbons (Fsp3) is 0.294. The van der Waals surface area contributed by atoms with Gasteiger partial charge in [0.25, 0.3) is 0 Å². The maximum atomic E-state index is 12.8. The van der Waals surface area contributed by atoms with Crippen molar-refractivity contribution in [1.29, 1.82) is 0 Å². The standard InChI is InChI=1S/C17H17BrClN3O3S/c18-13-3-6-15(7-4-13)26(24,25)22-9-1-2-12(11-22)17(23)21-16-8-5-14(19)10-20-16/h3-8,10,12H,1-2,9,11H2,(H,20,21,23). The van der Waals surface area contributed by atoms with Gasteiger partial charge in [-0.1, -0.05) is 27.5 Å². The summed E-state index contributed by atoms with van der Waals surface area (Å²) in [6.07, 6.45) is 2.70. The normalized spacial score (nSPS) is 18.5. The molecule has 6 nitrogen and oxygen atoms in total. The van der Waals surface area contributed by atoms with E-state index in [0.717, 1.165) is 4.47 Å². The van der Waals surface area contributed by atoms with Crippen molar-refractivity contribution in [2.75, 3.05) is 18.4 Å². The number of pyridine rings is 1. The predicted octanol–water partition coefficient (Wildman–Crippen LogP) is 3.54. The zero-order valence-corrected chi connectivity index (χ0v) is 16.9. The second-order valence-electron chi connectivity index (χ2n) is 6.01. The summed E-state index contributed by atoms with van der Waals surface area (Å²) in [6.45, 7) is 0.555.